The molecule has 20 heavy (non-hydrogen) atoms. The van der Waals surface area contributed by atoms with Crippen LogP contribution in [-0.4, -0.2) is 32.2 Å². The van der Waals surface area contributed by atoms with E-state index < -0.39 is 0 Å². The lowest BCUT2D eigenvalue weighted by Crippen LogP contribution is -2.59. The second kappa shape index (κ2) is 5.00. The van der Waals surface area contributed by atoms with E-state index in [2.05, 4.69) is 29.4 Å². The largest absolute Gasteiger partial charge is 0.392 e. The molecule has 0 aliphatic heterocycles. The fourth-order valence-corrected chi connectivity index (χ4v) is 2.54. The lowest BCUT2D eigenvalue weighted by atomic mass is 9.64. The van der Waals surface area contributed by atoms with Crippen LogP contribution in [0, 0.1) is 5.41 Å². The van der Waals surface area contributed by atoms with Gasteiger partial charge in [0.2, 0.25) is 0 Å². The van der Waals surface area contributed by atoms with Crippen molar-refractivity contribution in [3.05, 3.63) is 42.2 Å². The Kier molecular flexibility index (Phi) is 3.31. The van der Waals surface area contributed by atoms with Gasteiger partial charge >= 0.3 is 0 Å². The molecule has 2 aromatic rings. The standard InChI is InChI=1S/C15H20N4O/c1-15(2)13(8-14(15)20)16-9-11-10-17-19(18-11)12-6-4-3-5-7-12/h3-7,10,13-14,16,20H,8-9H2,1-2H3. The average molecular weight is 272 g/mol. The molecule has 1 aliphatic rings. The number of hydrogen-bond donors (Lipinski definition) is 2. The predicted molar refractivity (Wildman–Crippen MR) is 76.4 cm³/mol. The van der Waals surface area contributed by atoms with E-state index in [1.165, 1.54) is 0 Å². The fourth-order valence-electron chi connectivity index (χ4n) is 2.54. The van der Waals surface area contributed by atoms with Gasteiger partial charge in [-0.05, 0) is 18.6 Å². The molecule has 2 N–H and O–H groups in total. The zero-order chi connectivity index (χ0) is 14.2. The molecule has 2 unspecified atom stereocenters. The molecule has 0 spiro atoms. The van der Waals surface area contributed by atoms with Crippen molar-refractivity contribution in [2.45, 2.75) is 39.0 Å². The molecule has 0 bridgehead atoms. The number of aliphatic hydroxyl groups is 1. The summed E-state index contributed by atoms with van der Waals surface area (Å²) in [6.45, 7) is 4.84. The lowest BCUT2D eigenvalue weighted by Gasteiger charge is -2.49. The van der Waals surface area contributed by atoms with E-state index >= 15 is 0 Å². The van der Waals surface area contributed by atoms with Crippen molar-refractivity contribution in [1.82, 2.24) is 20.3 Å². The van der Waals surface area contributed by atoms with Gasteiger partial charge in [-0.1, -0.05) is 32.0 Å². The van der Waals surface area contributed by atoms with Crippen LogP contribution in [0.25, 0.3) is 5.69 Å². The van der Waals surface area contributed by atoms with Crippen molar-refractivity contribution in [3.8, 4) is 5.69 Å². The van der Waals surface area contributed by atoms with Crippen LogP contribution in [0.15, 0.2) is 36.5 Å². The fraction of sp³-hybridized carbons (Fsp3) is 0.467. The summed E-state index contributed by atoms with van der Waals surface area (Å²) in [5.41, 5.74) is 1.80. The Labute approximate surface area is 118 Å². The molecule has 5 heteroatoms. The van der Waals surface area contributed by atoms with Gasteiger partial charge in [0, 0.05) is 18.0 Å². The third kappa shape index (κ3) is 2.34. The molecule has 3 rings (SSSR count). The molecule has 5 nitrogen and oxygen atoms in total. The Morgan fingerprint density at radius 2 is 2.10 bits per heavy atom. The highest BCUT2D eigenvalue weighted by Gasteiger charge is 2.46. The van der Waals surface area contributed by atoms with Gasteiger partial charge in [0.15, 0.2) is 0 Å². The molecule has 106 valence electrons. The highest BCUT2D eigenvalue weighted by Crippen LogP contribution is 2.40. The van der Waals surface area contributed by atoms with Crippen molar-refractivity contribution in [3.63, 3.8) is 0 Å². The summed E-state index contributed by atoms with van der Waals surface area (Å²) in [6, 6.07) is 10.2. The van der Waals surface area contributed by atoms with E-state index in [0.717, 1.165) is 17.8 Å². The minimum atomic E-state index is -0.208. The Morgan fingerprint density at radius 3 is 2.75 bits per heavy atom. The van der Waals surface area contributed by atoms with Gasteiger partial charge in [0.05, 0.1) is 23.7 Å². The molecule has 1 aromatic heterocycles. The minimum absolute atomic E-state index is 0.0601. The highest BCUT2D eigenvalue weighted by atomic mass is 16.3. The summed E-state index contributed by atoms with van der Waals surface area (Å²) in [6.07, 6.45) is 2.38. The van der Waals surface area contributed by atoms with E-state index in [-0.39, 0.29) is 11.5 Å². The van der Waals surface area contributed by atoms with Gasteiger partial charge in [0.1, 0.15) is 0 Å². The molecular formula is C15H20N4O. The molecule has 1 heterocycles. The SMILES string of the molecule is CC1(C)C(O)CC1NCc1cnn(-c2ccccc2)n1. The Balaban J connectivity index is 1.61. The zero-order valence-corrected chi connectivity index (χ0v) is 11.8. The summed E-state index contributed by atoms with van der Waals surface area (Å²) in [5.74, 6) is 0. The predicted octanol–water partition coefficient (Wildman–Crippen LogP) is 1.52. The van der Waals surface area contributed by atoms with Gasteiger partial charge in [-0.3, -0.25) is 0 Å². The van der Waals surface area contributed by atoms with Crippen LogP contribution >= 0.6 is 0 Å². The average Bonchev–Trinajstić information content (AvgIpc) is 2.93. The molecule has 1 aromatic carbocycles. The van der Waals surface area contributed by atoms with E-state index in [1.807, 2.05) is 30.3 Å². The summed E-state index contributed by atoms with van der Waals surface area (Å²) >= 11 is 0. The van der Waals surface area contributed by atoms with Crippen molar-refractivity contribution >= 4 is 0 Å². The first-order chi connectivity index (χ1) is 9.57. The molecule has 0 saturated heterocycles. The third-order valence-electron chi connectivity index (χ3n) is 4.27. The molecule has 1 aliphatic carbocycles. The maximum Gasteiger partial charge on any atom is 0.0969 e. The van der Waals surface area contributed by atoms with Crippen LogP contribution in [-0.2, 0) is 6.54 Å². The number of benzene rings is 1. The molecule has 1 saturated carbocycles. The van der Waals surface area contributed by atoms with Crippen molar-refractivity contribution in [1.29, 1.82) is 0 Å². The van der Waals surface area contributed by atoms with Crippen LogP contribution in [0.4, 0.5) is 0 Å². The van der Waals surface area contributed by atoms with Crippen LogP contribution in [0.5, 0.6) is 0 Å². The summed E-state index contributed by atoms with van der Waals surface area (Å²) in [5, 5.41) is 21.9. The van der Waals surface area contributed by atoms with Gasteiger partial charge in [-0.15, -0.1) is 0 Å². The molecule has 0 amide bonds. The normalized spacial score (nSPS) is 24.4. The maximum absolute atomic E-state index is 9.72. The molecule has 2 atom stereocenters. The molecule has 0 radical (unpaired) electrons. The second-order valence-corrected chi connectivity index (χ2v) is 5.97. The summed E-state index contributed by atoms with van der Waals surface area (Å²) in [7, 11) is 0. The van der Waals surface area contributed by atoms with Crippen LogP contribution in [0.3, 0.4) is 0 Å². The van der Waals surface area contributed by atoms with E-state index in [1.54, 1.807) is 11.0 Å². The Bertz CT molecular complexity index is 579. The van der Waals surface area contributed by atoms with E-state index in [0.29, 0.717) is 12.6 Å². The number of aromatic nitrogens is 3. The van der Waals surface area contributed by atoms with E-state index in [9.17, 15) is 5.11 Å². The Morgan fingerprint density at radius 1 is 1.35 bits per heavy atom. The van der Waals surface area contributed by atoms with Gasteiger partial charge < -0.3 is 10.4 Å². The first-order valence-electron chi connectivity index (χ1n) is 6.95. The first kappa shape index (κ1) is 13.3. The Hall–Kier alpha value is -1.72. The van der Waals surface area contributed by atoms with Crippen LogP contribution in [0.2, 0.25) is 0 Å². The number of para-hydroxylation sites is 1. The van der Waals surface area contributed by atoms with Crippen LogP contribution in [0.1, 0.15) is 26.0 Å². The monoisotopic (exact) mass is 272 g/mol. The number of rotatable bonds is 4. The van der Waals surface area contributed by atoms with Crippen LogP contribution < -0.4 is 5.32 Å². The lowest BCUT2D eigenvalue weighted by molar-refractivity contribution is -0.0730. The molecular weight excluding hydrogens is 252 g/mol. The van der Waals surface area contributed by atoms with Gasteiger partial charge in [0.25, 0.3) is 0 Å². The summed E-state index contributed by atoms with van der Waals surface area (Å²) < 4.78 is 0. The third-order valence-corrected chi connectivity index (χ3v) is 4.27. The first-order valence-corrected chi connectivity index (χ1v) is 6.95. The van der Waals surface area contributed by atoms with Gasteiger partial charge in [-0.2, -0.15) is 15.0 Å². The minimum Gasteiger partial charge on any atom is -0.392 e. The smallest absolute Gasteiger partial charge is 0.0969 e. The van der Waals surface area contributed by atoms with Crippen molar-refractivity contribution in [2.24, 2.45) is 5.41 Å². The zero-order valence-electron chi connectivity index (χ0n) is 11.8. The number of aliphatic hydroxyl groups excluding tert-OH is 1. The van der Waals surface area contributed by atoms with Crippen molar-refractivity contribution in [2.75, 3.05) is 0 Å². The maximum atomic E-state index is 9.72. The quantitative estimate of drug-likeness (QED) is 0.885. The molecule has 1 fully saturated rings. The van der Waals surface area contributed by atoms with Gasteiger partial charge in [-0.25, -0.2) is 0 Å². The topological polar surface area (TPSA) is 63.0 Å². The number of hydrogen-bond acceptors (Lipinski definition) is 4. The van der Waals surface area contributed by atoms with E-state index in [4.69, 9.17) is 0 Å². The number of nitrogens with one attached hydrogen (secondary N) is 1. The number of nitrogens with zero attached hydrogens (tertiary/aromatic N) is 3. The summed E-state index contributed by atoms with van der Waals surface area (Å²) in [4.78, 5) is 1.64. The highest BCUT2D eigenvalue weighted by molar-refractivity contribution is 5.28. The van der Waals surface area contributed by atoms with Crippen molar-refractivity contribution < 1.29 is 5.11 Å². The second-order valence-electron chi connectivity index (χ2n) is 5.97.